The number of ether oxygens (including phenoxy) is 1. The number of H-pyrrole nitrogens is 1. The molecular formula is C20H18BrN5O. The van der Waals surface area contributed by atoms with Crippen LogP contribution in [-0.4, -0.2) is 41.3 Å². The summed E-state index contributed by atoms with van der Waals surface area (Å²) in [5.41, 5.74) is 4.08. The Bertz CT molecular complexity index is 1100. The Labute approximate surface area is 164 Å². The number of halogens is 1. The van der Waals surface area contributed by atoms with E-state index in [0.29, 0.717) is 0 Å². The van der Waals surface area contributed by atoms with Gasteiger partial charge in [0.25, 0.3) is 0 Å². The molecule has 2 aromatic carbocycles. The van der Waals surface area contributed by atoms with Gasteiger partial charge in [0.15, 0.2) is 0 Å². The fourth-order valence-corrected chi connectivity index (χ4v) is 3.87. The number of rotatable bonds is 3. The second-order valence-electron chi connectivity index (χ2n) is 6.53. The van der Waals surface area contributed by atoms with Crippen molar-refractivity contribution in [1.82, 2.24) is 15.0 Å². The average Bonchev–Trinajstić information content (AvgIpc) is 3.08. The van der Waals surface area contributed by atoms with E-state index >= 15 is 0 Å². The van der Waals surface area contributed by atoms with E-state index in [9.17, 15) is 0 Å². The standard InChI is InChI=1S/C20H18BrN5O/c21-13-1-6-17-16(11-13)18-19(22-12-23-20(18)25-17)24-14-2-4-15(5-3-14)26-7-9-27-10-8-26/h1-6,11-12H,7-10H2,(H2,22,23,24,25). The molecular weight excluding hydrogens is 406 g/mol. The molecule has 0 bridgehead atoms. The van der Waals surface area contributed by atoms with Crippen LogP contribution in [0, 0.1) is 0 Å². The summed E-state index contributed by atoms with van der Waals surface area (Å²) in [5, 5.41) is 5.53. The predicted molar refractivity (Wildman–Crippen MR) is 112 cm³/mol. The van der Waals surface area contributed by atoms with Crippen LogP contribution in [0.3, 0.4) is 0 Å². The lowest BCUT2D eigenvalue weighted by molar-refractivity contribution is 0.122. The molecule has 6 nitrogen and oxygen atoms in total. The van der Waals surface area contributed by atoms with Crippen molar-refractivity contribution in [3.05, 3.63) is 53.3 Å². The number of aromatic amines is 1. The quantitative estimate of drug-likeness (QED) is 0.509. The molecule has 1 aliphatic rings. The highest BCUT2D eigenvalue weighted by atomic mass is 79.9. The molecule has 0 radical (unpaired) electrons. The first-order chi connectivity index (χ1) is 13.3. The molecule has 4 aromatic rings. The number of nitrogens with zero attached hydrogens (tertiary/aromatic N) is 3. The highest BCUT2D eigenvalue weighted by Gasteiger charge is 2.13. The lowest BCUT2D eigenvalue weighted by Gasteiger charge is -2.28. The molecule has 0 saturated carbocycles. The topological polar surface area (TPSA) is 66.1 Å². The van der Waals surface area contributed by atoms with Gasteiger partial charge in [-0.2, -0.15) is 0 Å². The second kappa shape index (κ2) is 6.83. The van der Waals surface area contributed by atoms with E-state index in [-0.39, 0.29) is 0 Å². The van der Waals surface area contributed by atoms with Crippen molar-refractivity contribution < 1.29 is 4.74 Å². The van der Waals surface area contributed by atoms with Crippen molar-refractivity contribution in [1.29, 1.82) is 0 Å². The lowest BCUT2D eigenvalue weighted by atomic mass is 10.2. The van der Waals surface area contributed by atoms with Gasteiger partial charge in [-0.1, -0.05) is 15.9 Å². The van der Waals surface area contributed by atoms with Crippen LogP contribution in [0.25, 0.3) is 21.9 Å². The number of hydrogen-bond acceptors (Lipinski definition) is 5. The summed E-state index contributed by atoms with van der Waals surface area (Å²) in [6.07, 6.45) is 1.58. The molecule has 3 heterocycles. The smallest absolute Gasteiger partial charge is 0.143 e. The summed E-state index contributed by atoms with van der Waals surface area (Å²) < 4.78 is 6.45. The number of benzene rings is 2. The molecule has 136 valence electrons. The highest BCUT2D eigenvalue weighted by molar-refractivity contribution is 9.10. The molecule has 0 amide bonds. The van der Waals surface area contributed by atoms with E-state index in [4.69, 9.17) is 4.74 Å². The predicted octanol–water partition coefficient (Wildman–Crippen LogP) is 4.45. The molecule has 0 unspecified atom stereocenters. The van der Waals surface area contributed by atoms with Gasteiger partial charge in [0.2, 0.25) is 0 Å². The number of fused-ring (bicyclic) bond motifs is 3. The van der Waals surface area contributed by atoms with Crippen LogP contribution in [0.2, 0.25) is 0 Å². The molecule has 2 N–H and O–H groups in total. The monoisotopic (exact) mass is 423 g/mol. The first-order valence-corrected chi connectivity index (χ1v) is 9.69. The zero-order valence-corrected chi connectivity index (χ0v) is 16.2. The first kappa shape index (κ1) is 16.5. The summed E-state index contributed by atoms with van der Waals surface area (Å²) in [5.74, 6) is 0.795. The first-order valence-electron chi connectivity index (χ1n) is 8.90. The number of anilines is 3. The minimum absolute atomic E-state index is 0.787. The van der Waals surface area contributed by atoms with Crippen molar-refractivity contribution in [3.63, 3.8) is 0 Å². The summed E-state index contributed by atoms with van der Waals surface area (Å²) in [6, 6.07) is 14.6. The maximum Gasteiger partial charge on any atom is 0.143 e. The molecule has 2 aromatic heterocycles. The number of morpholine rings is 1. The van der Waals surface area contributed by atoms with Crippen LogP contribution < -0.4 is 10.2 Å². The van der Waals surface area contributed by atoms with Crippen LogP contribution in [0.4, 0.5) is 17.2 Å². The fourth-order valence-electron chi connectivity index (χ4n) is 3.50. The summed E-state index contributed by atoms with van der Waals surface area (Å²) in [4.78, 5) is 14.6. The summed E-state index contributed by atoms with van der Waals surface area (Å²) in [6.45, 7) is 3.44. The van der Waals surface area contributed by atoms with Crippen LogP contribution in [0.15, 0.2) is 53.3 Å². The van der Waals surface area contributed by atoms with E-state index in [0.717, 1.165) is 64.2 Å². The zero-order valence-electron chi connectivity index (χ0n) is 14.6. The molecule has 1 fully saturated rings. The van der Waals surface area contributed by atoms with E-state index in [1.807, 2.05) is 12.1 Å². The van der Waals surface area contributed by atoms with Gasteiger partial charge < -0.3 is 19.9 Å². The van der Waals surface area contributed by atoms with E-state index in [1.165, 1.54) is 5.69 Å². The SMILES string of the molecule is Brc1ccc2[nH]c3ncnc(Nc4ccc(N5CCOCC5)cc4)c3c2c1. The number of hydrogen-bond donors (Lipinski definition) is 2. The van der Waals surface area contributed by atoms with Crippen molar-refractivity contribution in [2.24, 2.45) is 0 Å². The molecule has 0 atom stereocenters. The van der Waals surface area contributed by atoms with Crippen LogP contribution in [0.1, 0.15) is 0 Å². The van der Waals surface area contributed by atoms with Gasteiger partial charge in [-0.15, -0.1) is 0 Å². The van der Waals surface area contributed by atoms with Crippen molar-refractivity contribution >= 4 is 55.1 Å². The van der Waals surface area contributed by atoms with Crippen LogP contribution in [-0.2, 0) is 4.74 Å². The molecule has 1 saturated heterocycles. The van der Waals surface area contributed by atoms with Crippen molar-refractivity contribution in [2.75, 3.05) is 36.5 Å². The van der Waals surface area contributed by atoms with Crippen LogP contribution in [0.5, 0.6) is 0 Å². The Morgan fingerprint density at radius 2 is 1.85 bits per heavy atom. The Kier molecular flexibility index (Phi) is 4.18. The third-order valence-electron chi connectivity index (χ3n) is 4.86. The van der Waals surface area contributed by atoms with Gasteiger partial charge in [0.1, 0.15) is 17.8 Å². The van der Waals surface area contributed by atoms with Crippen molar-refractivity contribution in [2.45, 2.75) is 0 Å². The van der Waals surface area contributed by atoms with Crippen LogP contribution >= 0.6 is 15.9 Å². The van der Waals surface area contributed by atoms with Gasteiger partial charge in [-0.25, -0.2) is 9.97 Å². The number of aromatic nitrogens is 3. The molecule has 0 spiro atoms. The fraction of sp³-hybridized carbons (Fsp3) is 0.200. The van der Waals surface area contributed by atoms with E-state index in [1.54, 1.807) is 6.33 Å². The van der Waals surface area contributed by atoms with E-state index in [2.05, 4.69) is 71.4 Å². The average molecular weight is 424 g/mol. The third kappa shape index (κ3) is 3.13. The summed E-state index contributed by atoms with van der Waals surface area (Å²) >= 11 is 3.55. The highest BCUT2D eigenvalue weighted by Crippen LogP contribution is 2.32. The second-order valence-corrected chi connectivity index (χ2v) is 7.45. The van der Waals surface area contributed by atoms with Gasteiger partial charge in [0.05, 0.1) is 18.6 Å². The Hall–Kier alpha value is -2.64. The third-order valence-corrected chi connectivity index (χ3v) is 5.35. The Morgan fingerprint density at radius 1 is 1.04 bits per heavy atom. The van der Waals surface area contributed by atoms with Gasteiger partial charge in [-0.05, 0) is 42.5 Å². The molecule has 1 aliphatic heterocycles. The lowest BCUT2D eigenvalue weighted by Crippen LogP contribution is -2.36. The molecule has 7 heteroatoms. The molecule has 27 heavy (non-hydrogen) atoms. The van der Waals surface area contributed by atoms with Gasteiger partial charge in [0, 0.05) is 39.8 Å². The largest absolute Gasteiger partial charge is 0.378 e. The summed E-state index contributed by atoms with van der Waals surface area (Å²) in [7, 11) is 0. The van der Waals surface area contributed by atoms with E-state index < -0.39 is 0 Å². The Morgan fingerprint density at radius 3 is 2.67 bits per heavy atom. The molecule has 0 aliphatic carbocycles. The zero-order chi connectivity index (χ0) is 18.2. The minimum Gasteiger partial charge on any atom is -0.378 e. The van der Waals surface area contributed by atoms with Gasteiger partial charge >= 0.3 is 0 Å². The number of nitrogens with one attached hydrogen (secondary N) is 2. The molecule has 5 rings (SSSR count). The Balaban J connectivity index is 1.49. The normalized spacial score (nSPS) is 14.8. The minimum atomic E-state index is 0.787. The van der Waals surface area contributed by atoms with Crippen molar-refractivity contribution in [3.8, 4) is 0 Å². The van der Waals surface area contributed by atoms with Gasteiger partial charge in [-0.3, -0.25) is 0 Å². The maximum atomic E-state index is 5.43. The maximum absolute atomic E-state index is 5.43.